The van der Waals surface area contributed by atoms with Crippen LogP contribution in [0.1, 0.15) is 46.5 Å². The minimum Gasteiger partial charge on any atom is -0.103 e. The summed E-state index contributed by atoms with van der Waals surface area (Å²) in [5.74, 6) is 1.75. The molecule has 0 nitrogen and oxygen atoms in total. The fourth-order valence-electron chi connectivity index (χ4n) is 1.53. The lowest BCUT2D eigenvalue weighted by Gasteiger charge is -2.12. The number of hydrogen-bond donors (Lipinski definition) is 0. The Morgan fingerprint density at radius 1 is 1.27 bits per heavy atom. The van der Waals surface area contributed by atoms with E-state index >= 15 is 0 Å². The van der Waals surface area contributed by atoms with Gasteiger partial charge in [0, 0.05) is 0 Å². The van der Waals surface area contributed by atoms with Gasteiger partial charge in [0.15, 0.2) is 0 Å². The molecule has 11 heavy (non-hydrogen) atoms. The summed E-state index contributed by atoms with van der Waals surface area (Å²) >= 11 is 0. The lowest BCUT2D eigenvalue weighted by atomic mass is 9.94. The molecule has 0 bridgehead atoms. The van der Waals surface area contributed by atoms with Crippen molar-refractivity contribution in [1.29, 1.82) is 0 Å². The Balaban J connectivity index is 3.21. The van der Waals surface area contributed by atoms with Gasteiger partial charge in [-0.25, -0.2) is 0 Å². The van der Waals surface area contributed by atoms with Gasteiger partial charge in [-0.2, -0.15) is 0 Å². The van der Waals surface area contributed by atoms with Crippen LogP contribution in [0.4, 0.5) is 0 Å². The first-order valence-electron chi connectivity index (χ1n) is 4.77. The molecule has 0 saturated heterocycles. The number of unbranched alkanes of at least 4 members (excludes halogenated alkanes) is 1. The molecule has 0 radical (unpaired) electrons. The molecule has 0 N–H and O–H groups in total. The van der Waals surface area contributed by atoms with Crippen molar-refractivity contribution in [3.8, 4) is 0 Å². The smallest absolute Gasteiger partial charge is 0.0353 e. The van der Waals surface area contributed by atoms with E-state index in [2.05, 4.69) is 27.4 Å². The molecule has 0 aliphatic carbocycles. The van der Waals surface area contributed by atoms with Crippen molar-refractivity contribution in [2.24, 2.45) is 11.8 Å². The monoisotopic (exact) mass is 154 g/mol. The van der Waals surface area contributed by atoms with Gasteiger partial charge in [0.2, 0.25) is 0 Å². The zero-order chi connectivity index (χ0) is 8.69. The van der Waals surface area contributed by atoms with Crippen LogP contribution in [0.2, 0.25) is 0 Å². The molecule has 0 spiro atoms. The first-order chi connectivity index (χ1) is 5.16. The quantitative estimate of drug-likeness (QED) is 0.400. The molecule has 1 atom stereocenters. The van der Waals surface area contributed by atoms with Gasteiger partial charge in [0.05, 0.1) is 0 Å². The summed E-state index contributed by atoms with van der Waals surface area (Å²) in [4.78, 5) is 0. The number of hydrogen-bond acceptors (Lipinski definition) is 0. The molecule has 0 saturated carbocycles. The Kier molecular flexibility index (Phi) is 6.30. The van der Waals surface area contributed by atoms with Crippen molar-refractivity contribution >= 4 is 0 Å². The van der Waals surface area contributed by atoms with Crippen LogP contribution in [0.3, 0.4) is 0 Å². The Bertz CT molecular complexity index is 92.2. The zero-order valence-electron chi connectivity index (χ0n) is 8.27. The fourth-order valence-corrected chi connectivity index (χ4v) is 1.53. The van der Waals surface area contributed by atoms with Crippen molar-refractivity contribution in [2.75, 3.05) is 0 Å². The first kappa shape index (κ1) is 10.7. The van der Waals surface area contributed by atoms with E-state index in [9.17, 15) is 0 Å². The lowest BCUT2D eigenvalue weighted by molar-refractivity contribution is 0.407. The minimum absolute atomic E-state index is 0.855. The highest BCUT2D eigenvalue weighted by Gasteiger charge is 2.03. The normalized spacial score (nSPS) is 13.5. The SMILES string of the molecule is C=CCCCC(C)CC(C)C. The van der Waals surface area contributed by atoms with Crippen molar-refractivity contribution in [3.05, 3.63) is 12.7 Å². The van der Waals surface area contributed by atoms with Crippen LogP contribution in [-0.2, 0) is 0 Å². The Hall–Kier alpha value is -0.260. The average molecular weight is 154 g/mol. The zero-order valence-corrected chi connectivity index (χ0v) is 8.27. The van der Waals surface area contributed by atoms with E-state index in [1.807, 2.05) is 6.08 Å². The topological polar surface area (TPSA) is 0 Å². The van der Waals surface area contributed by atoms with Crippen LogP contribution >= 0.6 is 0 Å². The molecule has 0 fully saturated rings. The van der Waals surface area contributed by atoms with Gasteiger partial charge in [0.1, 0.15) is 0 Å². The maximum Gasteiger partial charge on any atom is -0.0353 e. The van der Waals surface area contributed by atoms with E-state index in [0.717, 1.165) is 11.8 Å². The van der Waals surface area contributed by atoms with Crippen LogP contribution < -0.4 is 0 Å². The number of allylic oxidation sites excluding steroid dienone is 1. The van der Waals surface area contributed by atoms with Gasteiger partial charge in [-0.3, -0.25) is 0 Å². The first-order valence-corrected chi connectivity index (χ1v) is 4.77. The lowest BCUT2D eigenvalue weighted by Crippen LogP contribution is -1.99. The fraction of sp³-hybridized carbons (Fsp3) is 0.818. The summed E-state index contributed by atoms with van der Waals surface area (Å²) in [5, 5.41) is 0. The van der Waals surface area contributed by atoms with Gasteiger partial charge in [-0.1, -0.05) is 33.3 Å². The van der Waals surface area contributed by atoms with Crippen LogP contribution in [-0.4, -0.2) is 0 Å². The summed E-state index contributed by atoms with van der Waals surface area (Å²) in [6.45, 7) is 10.7. The molecule has 0 aromatic heterocycles. The molecular weight excluding hydrogens is 132 g/mol. The van der Waals surface area contributed by atoms with Crippen LogP contribution in [0, 0.1) is 11.8 Å². The van der Waals surface area contributed by atoms with E-state index in [1.165, 1.54) is 25.7 Å². The standard InChI is InChI=1S/C11H22/c1-5-6-7-8-11(4)9-10(2)3/h5,10-11H,1,6-9H2,2-4H3. The predicted octanol–water partition coefficient (Wildman–Crippen LogP) is 4.02. The van der Waals surface area contributed by atoms with Crippen molar-refractivity contribution in [3.63, 3.8) is 0 Å². The molecule has 0 aliphatic heterocycles. The highest BCUT2D eigenvalue weighted by atomic mass is 14.1. The van der Waals surface area contributed by atoms with Gasteiger partial charge < -0.3 is 0 Å². The van der Waals surface area contributed by atoms with E-state index in [0.29, 0.717) is 0 Å². The highest BCUT2D eigenvalue weighted by molar-refractivity contribution is 4.67. The van der Waals surface area contributed by atoms with E-state index in [1.54, 1.807) is 0 Å². The van der Waals surface area contributed by atoms with Crippen molar-refractivity contribution in [1.82, 2.24) is 0 Å². The second-order valence-corrected chi connectivity index (χ2v) is 3.95. The Labute approximate surface area is 71.7 Å². The molecule has 0 aromatic rings. The predicted molar refractivity (Wildman–Crippen MR) is 52.7 cm³/mol. The summed E-state index contributed by atoms with van der Waals surface area (Å²) in [7, 11) is 0. The number of rotatable bonds is 6. The van der Waals surface area contributed by atoms with E-state index in [-0.39, 0.29) is 0 Å². The molecule has 0 rings (SSSR count). The van der Waals surface area contributed by atoms with Crippen LogP contribution in [0.25, 0.3) is 0 Å². The molecule has 0 amide bonds. The highest BCUT2D eigenvalue weighted by Crippen LogP contribution is 2.16. The third-order valence-electron chi connectivity index (χ3n) is 1.98. The second kappa shape index (κ2) is 6.45. The summed E-state index contributed by atoms with van der Waals surface area (Å²) in [5.41, 5.74) is 0. The summed E-state index contributed by atoms with van der Waals surface area (Å²) in [6.07, 6.45) is 7.25. The Morgan fingerprint density at radius 3 is 2.36 bits per heavy atom. The summed E-state index contributed by atoms with van der Waals surface area (Å²) in [6, 6.07) is 0. The van der Waals surface area contributed by atoms with Gasteiger partial charge in [-0.15, -0.1) is 6.58 Å². The van der Waals surface area contributed by atoms with Crippen molar-refractivity contribution < 1.29 is 0 Å². The largest absolute Gasteiger partial charge is 0.103 e. The molecule has 0 aliphatic rings. The molecular formula is C11H22. The molecule has 0 aromatic carbocycles. The average Bonchev–Trinajstić information content (AvgIpc) is 1.86. The molecule has 0 heteroatoms. The van der Waals surface area contributed by atoms with Crippen molar-refractivity contribution in [2.45, 2.75) is 46.5 Å². The van der Waals surface area contributed by atoms with E-state index in [4.69, 9.17) is 0 Å². The molecule has 1 unspecified atom stereocenters. The maximum atomic E-state index is 3.72. The Morgan fingerprint density at radius 2 is 1.91 bits per heavy atom. The van der Waals surface area contributed by atoms with Crippen LogP contribution in [0.15, 0.2) is 12.7 Å². The second-order valence-electron chi connectivity index (χ2n) is 3.95. The maximum absolute atomic E-state index is 3.72. The summed E-state index contributed by atoms with van der Waals surface area (Å²) < 4.78 is 0. The van der Waals surface area contributed by atoms with E-state index < -0.39 is 0 Å². The molecule has 66 valence electrons. The third kappa shape index (κ3) is 7.64. The van der Waals surface area contributed by atoms with Gasteiger partial charge in [-0.05, 0) is 31.1 Å². The third-order valence-corrected chi connectivity index (χ3v) is 1.98. The van der Waals surface area contributed by atoms with Gasteiger partial charge in [0.25, 0.3) is 0 Å². The van der Waals surface area contributed by atoms with Gasteiger partial charge >= 0.3 is 0 Å². The molecule has 0 heterocycles. The van der Waals surface area contributed by atoms with Crippen LogP contribution in [0.5, 0.6) is 0 Å². The minimum atomic E-state index is 0.855.